The first-order valence-corrected chi connectivity index (χ1v) is 23.9. The highest BCUT2D eigenvalue weighted by Crippen LogP contribution is 2.61. The van der Waals surface area contributed by atoms with Gasteiger partial charge in [-0.05, 0) is 107 Å². The first-order chi connectivity index (χ1) is 33.4. The van der Waals surface area contributed by atoms with E-state index in [9.17, 15) is 19.5 Å². The molecule has 12 rings (SSSR count). The number of benzene rings is 7. The Morgan fingerprint density at radius 2 is 1.35 bits per heavy atom. The lowest BCUT2D eigenvalue weighted by Crippen LogP contribution is -2.46. The van der Waals surface area contributed by atoms with Crippen LogP contribution < -0.4 is 19.4 Å². The molecule has 4 amide bonds. The van der Waals surface area contributed by atoms with Crippen LogP contribution in [0.15, 0.2) is 140 Å². The summed E-state index contributed by atoms with van der Waals surface area (Å²) in [7, 11) is 1.64. The summed E-state index contributed by atoms with van der Waals surface area (Å²) in [6, 6.07) is 44.7. The zero-order valence-electron chi connectivity index (χ0n) is 39.0. The molecule has 1 N–H and O–H groups in total. The minimum atomic E-state index is -1.56. The number of rotatable bonds is 10. The van der Waals surface area contributed by atoms with Gasteiger partial charge in [0.2, 0.25) is 5.91 Å². The highest BCUT2D eigenvalue weighted by molar-refractivity contribution is 6.29. The van der Waals surface area contributed by atoms with Crippen LogP contribution in [0.3, 0.4) is 0 Å². The molecule has 11 heteroatoms. The minimum absolute atomic E-state index is 0.0192. The standard InChI is InChI=1S/C58H52N4O7/c1-34-53(57(2,3)38-21-26-42(68-4)27-22-38)49(31-50(64)59-29-9-14-41(59)33-63)69-58(34)45-30-40(62-48-18-8-13-37-11-6-16-44(52(37)48)55(62)66)25-28-46(45)60(56(58)67)32-35-19-23-39(24-20-35)61-47-17-7-12-36-10-5-15-43(51(36)47)54(61)65/h5-8,10-13,15-28,30,34,41,49,53,63H,9,14,29,31-33H2,1-4H3/t34-,41-,49+,53-,58+/m0/s1. The van der Waals surface area contributed by atoms with Crippen LogP contribution >= 0.6 is 0 Å². The number of carbonyl (C=O) groups is 4. The smallest absolute Gasteiger partial charge is 0.264 e. The lowest BCUT2D eigenvalue weighted by Gasteiger charge is -2.39. The van der Waals surface area contributed by atoms with Crippen molar-refractivity contribution in [3.05, 3.63) is 167 Å². The Bertz CT molecular complexity index is 3280. The van der Waals surface area contributed by atoms with Gasteiger partial charge >= 0.3 is 0 Å². The normalized spacial score (nSPS) is 22.6. The van der Waals surface area contributed by atoms with Crippen molar-refractivity contribution in [2.45, 2.75) is 69.7 Å². The molecule has 7 aromatic carbocycles. The van der Waals surface area contributed by atoms with Gasteiger partial charge in [0.1, 0.15) is 5.75 Å². The molecule has 5 aliphatic rings. The highest BCUT2D eigenvalue weighted by atomic mass is 16.5. The maximum Gasteiger partial charge on any atom is 0.264 e. The third-order valence-electron chi connectivity index (χ3n) is 16.0. The van der Waals surface area contributed by atoms with Gasteiger partial charge in [-0.2, -0.15) is 0 Å². The summed E-state index contributed by atoms with van der Waals surface area (Å²) in [6.07, 6.45) is 0.844. The van der Waals surface area contributed by atoms with Crippen LogP contribution in [0.1, 0.15) is 77.4 Å². The molecule has 1 spiro atoms. The summed E-state index contributed by atoms with van der Waals surface area (Å²) in [5.74, 6) is -0.720. The summed E-state index contributed by atoms with van der Waals surface area (Å²) in [4.78, 5) is 65.8. The lowest BCUT2D eigenvalue weighted by molar-refractivity contribution is -0.150. The average Bonchev–Trinajstić information content (AvgIpc) is 4.16. The Balaban J connectivity index is 0.965. The van der Waals surface area contributed by atoms with E-state index in [1.807, 2.05) is 140 Å². The number of nitrogens with zero attached hydrogens (tertiary/aromatic N) is 4. The van der Waals surface area contributed by atoms with Crippen molar-refractivity contribution in [3.63, 3.8) is 0 Å². The number of hydrogen-bond acceptors (Lipinski definition) is 7. The molecule has 7 aromatic rings. The van der Waals surface area contributed by atoms with Crippen LogP contribution in [-0.2, 0) is 31.9 Å². The minimum Gasteiger partial charge on any atom is -0.497 e. The van der Waals surface area contributed by atoms with Gasteiger partial charge in [-0.25, -0.2) is 0 Å². The van der Waals surface area contributed by atoms with Gasteiger partial charge in [-0.15, -0.1) is 0 Å². The summed E-state index contributed by atoms with van der Waals surface area (Å²) < 4.78 is 13.0. The van der Waals surface area contributed by atoms with Crippen LogP contribution in [-0.4, -0.2) is 66.0 Å². The van der Waals surface area contributed by atoms with E-state index in [2.05, 4.69) is 20.8 Å². The maximum atomic E-state index is 16.0. The molecule has 69 heavy (non-hydrogen) atoms. The van der Waals surface area contributed by atoms with Gasteiger partial charge in [0.25, 0.3) is 17.7 Å². The fourth-order valence-electron chi connectivity index (χ4n) is 12.7. The third-order valence-corrected chi connectivity index (χ3v) is 16.0. The number of anilines is 5. The van der Waals surface area contributed by atoms with Crippen molar-refractivity contribution in [1.82, 2.24) is 4.90 Å². The Hall–Kier alpha value is -7.34. The number of ether oxygens (including phenoxy) is 2. The summed E-state index contributed by atoms with van der Waals surface area (Å²) in [5, 5.41) is 14.1. The number of carbonyl (C=O) groups excluding carboxylic acids is 4. The van der Waals surface area contributed by atoms with Gasteiger partial charge in [0, 0.05) is 46.1 Å². The number of methoxy groups -OCH3 is 1. The molecule has 0 radical (unpaired) electrons. The van der Waals surface area contributed by atoms with E-state index in [0.29, 0.717) is 34.6 Å². The van der Waals surface area contributed by atoms with Gasteiger partial charge in [-0.3, -0.25) is 29.0 Å². The summed E-state index contributed by atoms with van der Waals surface area (Å²) in [6.45, 7) is 7.01. The van der Waals surface area contributed by atoms with Crippen molar-refractivity contribution in [2.75, 3.05) is 35.0 Å². The fourth-order valence-corrected chi connectivity index (χ4v) is 12.7. The van der Waals surface area contributed by atoms with E-state index in [-0.39, 0.29) is 55.2 Å². The largest absolute Gasteiger partial charge is 0.497 e. The van der Waals surface area contributed by atoms with Crippen LogP contribution in [0.25, 0.3) is 21.5 Å². The number of hydrogen-bond donors (Lipinski definition) is 1. The highest BCUT2D eigenvalue weighted by Gasteiger charge is 2.66. The molecule has 5 heterocycles. The van der Waals surface area contributed by atoms with Crippen molar-refractivity contribution in [3.8, 4) is 5.75 Å². The second-order valence-corrected chi connectivity index (χ2v) is 19.8. The van der Waals surface area contributed by atoms with Crippen molar-refractivity contribution in [2.24, 2.45) is 11.8 Å². The summed E-state index contributed by atoms with van der Waals surface area (Å²) in [5.41, 5.74) is 5.18. The quantitative estimate of drug-likeness (QED) is 0.145. The van der Waals surface area contributed by atoms with Gasteiger partial charge in [0.05, 0.1) is 67.0 Å². The lowest BCUT2D eigenvalue weighted by atomic mass is 9.63. The van der Waals surface area contributed by atoms with E-state index in [1.165, 1.54) is 0 Å². The first-order valence-electron chi connectivity index (χ1n) is 23.9. The topological polar surface area (TPSA) is 120 Å². The summed E-state index contributed by atoms with van der Waals surface area (Å²) >= 11 is 0. The van der Waals surface area contributed by atoms with Crippen LogP contribution in [0.5, 0.6) is 5.75 Å². The number of likely N-dealkylation sites (tertiary alicyclic amines) is 1. The Morgan fingerprint density at radius 3 is 1.96 bits per heavy atom. The molecular weight excluding hydrogens is 865 g/mol. The van der Waals surface area contributed by atoms with Crippen molar-refractivity contribution >= 4 is 73.6 Å². The Kier molecular flexibility index (Phi) is 9.88. The predicted octanol–water partition coefficient (Wildman–Crippen LogP) is 10.3. The molecule has 0 aliphatic carbocycles. The van der Waals surface area contributed by atoms with Crippen LogP contribution in [0, 0.1) is 11.8 Å². The number of aliphatic hydroxyl groups excluding tert-OH is 1. The second-order valence-electron chi connectivity index (χ2n) is 19.8. The van der Waals surface area contributed by atoms with Crippen LogP contribution in [0.4, 0.5) is 28.4 Å². The number of aliphatic hydroxyl groups is 1. The Morgan fingerprint density at radius 1 is 0.754 bits per heavy atom. The number of amides is 4. The van der Waals surface area contributed by atoms with E-state index in [0.717, 1.165) is 68.3 Å². The van der Waals surface area contributed by atoms with E-state index < -0.39 is 23.0 Å². The molecule has 5 atom stereocenters. The van der Waals surface area contributed by atoms with E-state index >= 15 is 4.79 Å². The molecule has 0 saturated carbocycles. The van der Waals surface area contributed by atoms with Crippen LogP contribution in [0.2, 0.25) is 0 Å². The molecule has 0 unspecified atom stereocenters. The molecule has 2 saturated heterocycles. The van der Waals surface area contributed by atoms with E-state index in [4.69, 9.17) is 9.47 Å². The van der Waals surface area contributed by atoms with E-state index in [1.54, 1.807) is 26.7 Å². The molecule has 0 bridgehead atoms. The van der Waals surface area contributed by atoms with Gasteiger partial charge < -0.3 is 24.4 Å². The van der Waals surface area contributed by atoms with Gasteiger partial charge in [-0.1, -0.05) is 93.6 Å². The molecule has 11 nitrogen and oxygen atoms in total. The SMILES string of the molecule is COc1ccc(C(C)(C)[C@@H]2[C@@H](CC(=O)N3CCC[C@H]3CO)O[C@]3(C(=O)N(Cc4ccc(N5C(=O)c6cccc7cccc5c67)cc4)c4ccc(N5C(=O)c6cccc7cccc5c67)cc43)[C@H]2C)cc1. The second kappa shape index (κ2) is 15.9. The third kappa shape index (κ3) is 6.26. The molecule has 346 valence electrons. The monoisotopic (exact) mass is 916 g/mol. The zero-order chi connectivity index (χ0) is 47.5. The van der Waals surface area contributed by atoms with Gasteiger partial charge in [0.15, 0.2) is 5.60 Å². The number of fused-ring (bicyclic) bond motifs is 2. The molecule has 5 aliphatic heterocycles. The molecule has 2 fully saturated rings. The zero-order valence-corrected chi connectivity index (χ0v) is 39.0. The van der Waals surface area contributed by atoms with Crippen molar-refractivity contribution < 1.29 is 33.8 Å². The fraction of sp³-hybridized carbons (Fsp3) is 0.276. The van der Waals surface area contributed by atoms with Crippen molar-refractivity contribution in [1.29, 1.82) is 0 Å². The maximum absolute atomic E-state index is 16.0. The Labute approximate surface area is 400 Å². The predicted molar refractivity (Wildman–Crippen MR) is 267 cm³/mol. The first kappa shape index (κ1) is 43.0. The molecule has 0 aromatic heterocycles. The molecular formula is C58H52N4O7. The average molecular weight is 917 g/mol.